The molecule has 0 radical (unpaired) electrons. The van der Waals surface area contributed by atoms with E-state index in [0.29, 0.717) is 18.7 Å². The third-order valence-corrected chi connectivity index (χ3v) is 6.14. The van der Waals surface area contributed by atoms with Crippen molar-refractivity contribution in [2.24, 2.45) is 4.99 Å². The van der Waals surface area contributed by atoms with Crippen molar-refractivity contribution in [3.05, 3.63) is 65.7 Å². The quantitative estimate of drug-likeness (QED) is 0.305. The molecule has 2 heterocycles. The van der Waals surface area contributed by atoms with Crippen molar-refractivity contribution in [3.8, 4) is 0 Å². The van der Waals surface area contributed by atoms with Crippen LogP contribution in [0.5, 0.6) is 0 Å². The fourth-order valence-electron chi connectivity index (χ4n) is 4.55. The van der Waals surface area contributed by atoms with E-state index < -0.39 is 0 Å². The van der Waals surface area contributed by atoms with Crippen LogP contribution in [0, 0.1) is 0 Å². The van der Waals surface area contributed by atoms with E-state index >= 15 is 0 Å². The van der Waals surface area contributed by atoms with Gasteiger partial charge in [0.15, 0.2) is 5.96 Å². The fraction of sp³-hybridized carbons (Fsp3) is 0.500. The molecule has 2 atom stereocenters. The minimum atomic E-state index is 0. The normalized spacial score (nSPS) is 21.5. The predicted molar refractivity (Wildman–Crippen MR) is 148 cm³/mol. The van der Waals surface area contributed by atoms with Crippen molar-refractivity contribution in [2.45, 2.75) is 45.5 Å². The van der Waals surface area contributed by atoms with E-state index in [9.17, 15) is 0 Å². The standard InChI is InChI=1S/C26H37N5O.HI/c1-3-27-26(29-24-12-13-31(20-24)25-10-5-4-6-11-25)28-17-22-8-7-9-23(16-22)19-30-14-15-32-21(2)18-30;/h4-11,16,21,24H,3,12-15,17-20H2,1-2H3,(H2,27,28,29);1H. The summed E-state index contributed by atoms with van der Waals surface area (Å²) in [5, 5.41) is 7.06. The summed E-state index contributed by atoms with van der Waals surface area (Å²) >= 11 is 0. The van der Waals surface area contributed by atoms with E-state index in [1.165, 1.54) is 16.8 Å². The number of halogens is 1. The van der Waals surface area contributed by atoms with Gasteiger partial charge in [-0.2, -0.15) is 0 Å². The van der Waals surface area contributed by atoms with Crippen LogP contribution in [0.2, 0.25) is 0 Å². The van der Waals surface area contributed by atoms with Crippen molar-refractivity contribution < 1.29 is 4.74 Å². The van der Waals surface area contributed by atoms with Crippen LogP contribution < -0.4 is 15.5 Å². The predicted octanol–water partition coefficient (Wildman–Crippen LogP) is 3.86. The molecule has 0 aliphatic carbocycles. The first-order valence-electron chi connectivity index (χ1n) is 12.0. The SMILES string of the molecule is CCNC(=NCc1cccc(CN2CCOC(C)C2)c1)NC1CCN(c2ccccc2)C1.I. The zero-order chi connectivity index (χ0) is 22.2. The smallest absolute Gasteiger partial charge is 0.191 e. The molecule has 6 nitrogen and oxygen atoms in total. The highest BCUT2D eigenvalue weighted by Crippen LogP contribution is 2.19. The van der Waals surface area contributed by atoms with Crippen molar-refractivity contribution in [3.63, 3.8) is 0 Å². The van der Waals surface area contributed by atoms with E-state index in [0.717, 1.165) is 58.3 Å². The van der Waals surface area contributed by atoms with Crippen LogP contribution in [0.1, 0.15) is 31.4 Å². The number of para-hydroxylation sites is 1. The second kappa shape index (κ2) is 13.2. The Labute approximate surface area is 215 Å². The Balaban J connectivity index is 0.00000306. The first kappa shape index (κ1) is 25.8. The maximum Gasteiger partial charge on any atom is 0.191 e. The van der Waals surface area contributed by atoms with Crippen LogP contribution in [0.15, 0.2) is 59.6 Å². The Bertz CT molecular complexity index is 878. The molecule has 2 aliphatic heterocycles. The van der Waals surface area contributed by atoms with Gasteiger partial charge < -0.3 is 20.3 Å². The number of morpholine rings is 1. The second-order valence-corrected chi connectivity index (χ2v) is 8.84. The van der Waals surface area contributed by atoms with Crippen LogP contribution in [0.4, 0.5) is 5.69 Å². The molecule has 2 unspecified atom stereocenters. The number of hydrogen-bond donors (Lipinski definition) is 2. The number of guanidine groups is 1. The maximum absolute atomic E-state index is 5.67. The zero-order valence-electron chi connectivity index (χ0n) is 19.9. The summed E-state index contributed by atoms with van der Waals surface area (Å²) < 4.78 is 5.67. The molecule has 33 heavy (non-hydrogen) atoms. The van der Waals surface area contributed by atoms with Gasteiger partial charge in [-0.05, 0) is 43.5 Å². The summed E-state index contributed by atoms with van der Waals surface area (Å²) in [7, 11) is 0. The molecular weight excluding hydrogens is 525 g/mol. The largest absolute Gasteiger partial charge is 0.376 e. The van der Waals surface area contributed by atoms with Gasteiger partial charge in [-0.15, -0.1) is 24.0 Å². The number of benzene rings is 2. The topological polar surface area (TPSA) is 52.1 Å². The van der Waals surface area contributed by atoms with Crippen molar-refractivity contribution >= 4 is 35.6 Å². The lowest BCUT2D eigenvalue weighted by Crippen LogP contribution is -2.44. The number of anilines is 1. The first-order chi connectivity index (χ1) is 15.7. The summed E-state index contributed by atoms with van der Waals surface area (Å²) in [4.78, 5) is 9.80. The molecule has 0 aromatic heterocycles. The monoisotopic (exact) mass is 563 g/mol. The molecule has 2 N–H and O–H groups in total. The number of nitrogens with zero attached hydrogens (tertiary/aromatic N) is 3. The highest BCUT2D eigenvalue weighted by molar-refractivity contribution is 14.0. The van der Waals surface area contributed by atoms with Crippen molar-refractivity contribution in [1.29, 1.82) is 0 Å². The Morgan fingerprint density at radius 2 is 1.88 bits per heavy atom. The van der Waals surface area contributed by atoms with Gasteiger partial charge in [0.2, 0.25) is 0 Å². The van der Waals surface area contributed by atoms with E-state index in [2.05, 4.69) is 88.9 Å². The number of aliphatic imine (C=N–C) groups is 1. The molecule has 2 aromatic carbocycles. The van der Waals surface area contributed by atoms with Gasteiger partial charge in [0.25, 0.3) is 0 Å². The lowest BCUT2D eigenvalue weighted by molar-refractivity contribution is -0.0212. The second-order valence-electron chi connectivity index (χ2n) is 8.84. The molecule has 2 aliphatic rings. The molecule has 4 rings (SSSR count). The van der Waals surface area contributed by atoms with E-state index in [4.69, 9.17) is 9.73 Å². The highest BCUT2D eigenvalue weighted by atomic mass is 127. The molecule has 0 bridgehead atoms. The first-order valence-corrected chi connectivity index (χ1v) is 12.0. The number of rotatable bonds is 7. The number of hydrogen-bond acceptors (Lipinski definition) is 4. The third-order valence-electron chi connectivity index (χ3n) is 6.14. The van der Waals surface area contributed by atoms with Crippen molar-refractivity contribution in [1.82, 2.24) is 15.5 Å². The summed E-state index contributed by atoms with van der Waals surface area (Å²) in [6.45, 7) is 11.7. The Hall–Kier alpha value is -1.84. The highest BCUT2D eigenvalue weighted by Gasteiger charge is 2.23. The average Bonchev–Trinajstić information content (AvgIpc) is 3.27. The molecule has 2 saturated heterocycles. The molecule has 0 spiro atoms. The Kier molecular flexibility index (Phi) is 10.3. The molecule has 7 heteroatoms. The maximum atomic E-state index is 5.67. The molecule has 180 valence electrons. The molecule has 2 aromatic rings. The summed E-state index contributed by atoms with van der Waals surface area (Å²) in [6.07, 6.45) is 1.44. The third kappa shape index (κ3) is 7.86. The van der Waals surface area contributed by atoms with Gasteiger partial charge in [0.05, 0.1) is 19.3 Å². The summed E-state index contributed by atoms with van der Waals surface area (Å²) in [5.74, 6) is 0.903. The Morgan fingerprint density at radius 3 is 2.67 bits per heavy atom. The van der Waals surface area contributed by atoms with Gasteiger partial charge in [-0.25, -0.2) is 4.99 Å². The van der Waals surface area contributed by atoms with E-state index in [1.54, 1.807) is 0 Å². The lowest BCUT2D eigenvalue weighted by Gasteiger charge is -2.31. The fourth-order valence-corrected chi connectivity index (χ4v) is 4.55. The molecular formula is C26H38IN5O. The molecule has 0 amide bonds. The van der Waals surface area contributed by atoms with Gasteiger partial charge in [0.1, 0.15) is 0 Å². The summed E-state index contributed by atoms with van der Waals surface area (Å²) in [6, 6.07) is 19.9. The molecule has 0 saturated carbocycles. The number of nitrogens with one attached hydrogen (secondary N) is 2. The molecule has 2 fully saturated rings. The van der Waals surface area contributed by atoms with Gasteiger partial charge in [-0.1, -0.05) is 42.5 Å². The van der Waals surface area contributed by atoms with E-state index in [-0.39, 0.29) is 24.0 Å². The minimum Gasteiger partial charge on any atom is -0.376 e. The van der Waals surface area contributed by atoms with Crippen LogP contribution in [0.3, 0.4) is 0 Å². The summed E-state index contributed by atoms with van der Waals surface area (Å²) in [5.41, 5.74) is 3.89. The van der Waals surface area contributed by atoms with Crippen LogP contribution >= 0.6 is 24.0 Å². The van der Waals surface area contributed by atoms with Gasteiger partial charge in [0, 0.05) is 51.0 Å². The van der Waals surface area contributed by atoms with Gasteiger partial charge >= 0.3 is 0 Å². The lowest BCUT2D eigenvalue weighted by atomic mass is 10.1. The Morgan fingerprint density at radius 1 is 1.06 bits per heavy atom. The zero-order valence-corrected chi connectivity index (χ0v) is 22.2. The average molecular weight is 564 g/mol. The van der Waals surface area contributed by atoms with Crippen LogP contribution in [-0.2, 0) is 17.8 Å². The van der Waals surface area contributed by atoms with Crippen LogP contribution in [0.25, 0.3) is 0 Å². The minimum absolute atomic E-state index is 0. The van der Waals surface area contributed by atoms with E-state index in [1.807, 2.05) is 0 Å². The van der Waals surface area contributed by atoms with Gasteiger partial charge in [-0.3, -0.25) is 4.90 Å². The number of ether oxygens (including phenoxy) is 1. The van der Waals surface area contributed by atoms with Crippen LogP contribution in [-0.4, -0.2) is 62.3 Å². The van der Waals surface area contributed by atoms with Crippen molar-refractivity contribution in [2.75, 3.05) is 44.2 Å².